The Morgan fingerprint density at radius 2 is 2.00 bits per heavy atom. The average molecular weight is 278 g/mol. The minimum atomic E-state index is -0.176. The van der Waals surface area contributed by atoms with Crippen molar-refractivity contribution in [2.24, 2.45) is 5.73 Å². The minimum absolute atomic E-state index is 0.176. The zero-order valence-corrected chi connectivity index (χ0v) is 11.4. The normalized spacial score (nSPS) is 17.8. The van der Waals surface area contributed by atoms with E-state index in [1.807, 2.05) is 24.3 Å². The molecule has 1 fully saturated rings. The Labute approximate surface area is 117 Å². The summed E-state index contributed by atoms with van der Waals surface area (Å²) in [5.41, 5.74) is 6.93. The van der Waals surface area contributed by atoms with Crippen LogP contribution in [0.2, 0.25) is 5.02 Å². The molecule has 0 aliphatic heterocycles. The highest BCUT2D eigenvalue weighted by Gasteiger charge is 2.31. The Morgan fingerprint density at radius 3 is 2.74 bits per heavy atom. The molecule has 100 valence electrons. The van der Waals surface area contributed by atoms with E-state index in [-0.39, 0.29) is 5.54 Å². The van der Waals surface area contributed by atoms with Crippen molar-refractivity contribution in [3.8, 4) is 11.4 Å². The Kier molecular flexibility index (Phi) is 3.29. The van der Waals surface area contributed by atoms with Gasteiger partial charge in [-0.05, 0) is 25.0 Å². The summed E-state index contributed by atoms with van der Waals surface area (Å²) in [6.07, 6.45) is 5.06. The van der Waals surface area contributed by atoms with Gasteiger partial charge in [0, 0.05) is 17.5 Å². The second-order valence-electron chi connectivity index (χ2n) is 5.24. The van der Waals surface area contributed by atoms with E-state index in [4.69, 9.17) is 21.9 Å². The molecule has 0 bridgehead atoms. The van der Waals surface area contributed by atoms with E-state index in [9.17, 15) is 0 Å². The van der Waals surface area contributed by atoms with Crippen molar-refractivity contribution in [2.45, 2.75) is 37.6 Å². The molecule has 2 aromatic rings. The molecule has 1 aromatic carbocycles. The van der Waals surface area contributed by atoms with E-state index in [0.29, 0.717) is 23.2 Å². The smallest absolute Gasteiger partial charge is 0.228 e. The third-order valence-electron chi connectivity index (χ3n) is 3.69. The minimum Gasteiger partial charge on any atom is -0.339 e. The molecule has 1 heterocycles. The van der Waals surface area contributed by atoms with Gasteiger partial charge in [0.2, 0.25) is 11.7 Å². The summed E-state index contributed by atoms with van der Waals surface area (Å²) < 4.78 is 5.30. The molecular weight excluding hydrogens is 262 g/mol. The predicted octanol–water partition coefficient (Wildman–Crippen LogP) is 3.20. The first-order valence-electron chi connectivity index (χ1n) is 6.53. The molecule has 0 radical (unpaired) electrons. The third-order valence-corrected chi connectivity index (χ3v) is 4.02. The lowest BCUT2D eigenvalue weighted by Crippen LogP contribution is -2.38. The van der Waals surface area contributed by atoms with E-state index < -0.39 is 0 Å². The number of nitrogens with zero attached hydrogens (tertiary/aromatic N) is 2. The Balaban J connectivity index is 1.82. The van der Waals surface area contributed by atoms with Crippen LogP contribution in [0.1, 0.15) is 31.6 Å². The molecule has 2 N–H and O–H groups in total. The van der Waals surface area contributed by atoms with E-state index in [2.05, 4.69) is 10.1 Å². The highest BCUT2D eigenvalue weighted by Crippen LogP contribution is 2.31. The van der Waals surface area contributed by atoms with Crippen molar-refractivity contribution < 1.29 is 4.52 Å². The van der Waals surface area contributed by atoms with Crippen LogP contribution in [0.3, 0.4) is 0 Å². The van der Waals surface area contributed by atoms with E-state index in [1.54, 1.807) is 0 Å². The van der Waals surface area contributed by atoms with E-state index >= 15 is 0 Å². The lowest BCUT2D eigenvalue weighted by atomic mass is 9.95. The summed E-state index contributed by atoms with van der Waals surface area (Å²) >= 11 is 6.12. The molecule has 0 atom stereocenters. The van der Waals surface area contributed by atoms with Crippen LogP contribution >= 0.6 is 11.6 Å². The Morgan fingerprint density at radius 1 is 1.26 bits per heavy atom. The van der Waals surface area contributed by atoms with Gasteiger partial charge in [0.15, 0.2) is 0 Å². The van der Waals surface area contributed by atoms with Crippen LogP contribution in [0.4, 0.5) is 0 Å². The molecule has 0 saturated heterocycles. The monoisotopic (exact) mass is 277 g/mol. The standard InChI is InChI=1S/C14H16ClN3O/c15-11-6-2-1-5-10(11)13-17-12(19-18-13)9-14(16)7-3-4-8-14/h1-2,5-6H,3-4,7-9,16H2. The summed E-state index contributed by atoms with van der Waals surface area (Å²) in [4.78, 5) is 4.41. The van der Waals surface area contributed by atoms with Gasteiger partial charge in [-0.15, -0.1) is 0 Å². The summed E-state index contributed by atoms with van der Waals surface area (Å²) in [5.74, 6) is 1.13. The van der Waals surface area contributed by atoms with E-state index in [1.165, 1.54) is 12.8 Å². The number of hydrogen-bond donors (Lipinski definition) is 1. The highest BCUT2D eigenvalue weighted by atomic mass is 35.5. The van der Waals surface area contributed by atoms with E-state index in [0.717, 1.165) is 18.4 Å². The van der Waals surface area contributed by atoms with Crippen LogP contribution < -0.4 is 5.73 Å². The first kappa shape index (κ1) is 12.6. The molecule has 0 unspecified atom stereocenters. The molecule has 1 saturated carbocycles. The second-order valence-corrected chi connectivity index (χ2v) is 5.65. The fourth-order valence-corrected chi connectivity index (χ4v) is 2.86. The fourth-order valence-electron chi connectivity index (χ4n) is 2.64. The largest absolute Gasteiger partial charge is 0.339 e. The van der Waals surface area contributed by atoms with Crippen LogP contribution in [0.25, 0.3) is 11.4 Å². The second kappa shape index (κ2) is 4.94. The van der Waals surface area contributed by atoms with Crippen LogP contribution in [0.5, 0.6) is 0 Å². The van der Waals surface area contributed by atoms with Gasteiger partial charge in [0.25, 0.3) is 0 Å². The Hall–Kier alpha value is -1.39. The predicted molar refractivity (Wildman–Crippen MR) is 73.8 cm³/mol. The van der Waals surface area contributed by atoms with Gasteiger partial charge in [-0.25, -0.2) is 0 Å². The molecule has 5 heteroatoms. The van der Waals surface area contributed by atoms with Crippen molar-refractivity contribution in [1.29, 1.82) is 0 Å². The summed E-state index contributed by atoms with van der Waals surface area (Å²) in [5, 5.41) is 4.62. The van der Waals surface area contributed by atoms with Crippen LogP contribution in [-0.4, -0.2) is 15.7 Å². The number of benzene rings is 1. The van der Waals surface area contributed by atoms with Gasteiger partial charge in [0.05, 0.1) is 5.02 Å². The van der Waals surface area contributed by atoms with Crippen molar-refractivity contribution in [3.05, 3.63) is 35.2 Å². The zero-order valence-electron chi connectivity index (χ0n) is 10.6. The maximum Gasteiger partial charge on any atom is 0.228 e. The van der Waals surface area contributed by atoms with Gasteiger partial charge < -0.3 is 10.3 Å². The third kappa shape index (κ3) is 2.65. The molecular formula is C14H16ClN3O. The lowest BCUT2D eigenvalue weighted by Gasteiger charge is -2.20. The van der Waals surface area contributed by atoms with Gasteiger partial charge in [0.1, 0.15) is 0 Å². The summed E-state index contributed by atoms with van der Waals surface area (Å²) in [6, 6.07) is 7.47. The molecule has 1 aliphatic rings. The van der Waals surface area contributed by atoms with Crippen molar-refractivity contribution >= 4 is 11.6 Å². The highest BCUT2D eigenvalue weighted by molar-refractivity contribution is 6.33. The van der Waals surface area contributed by atoms with Crippen molar-refractivity contribution in [2.75, 3.05) is 0 Å². The number of nitrogens with two attached hydrogens (primary N) is 1. The maximum absolute atomic E-state index is 6.32. The molecule has 1 aromatic heterocycles. The van der Waals surface area contributed by atoms with Crippen molar-refractivity contribution in [3.63, 3.8) is 0 Å². The molecule has 0 spiro atoms. The molecule has 19 heavy (non-hydrogen) atoms. The quantitative estimate of drug-likeness (QED) is 0.936. The first-order chi connectivity index (χ1) is 9.16. The van der Waals surface area contributed by atoms with Crippen LogP contribution in [0, 0.1) is 0 Å². The SMILES string of the molecule is NC1(Cc2nc(-c3ccccc3Cl)no2)CCCC1. The summed E-state index contributed by atoms with van der Waals surface area (Å²) in [7, 11) is 0. The van der Waals surface area contributed by atoms with Gasteiger partial charge >= 0.3 is 0 Å². The van der Waals surface area contributed by atoms with Crippen LogP contribution in [0.15, 0.2) is 28.8 Å². The van der Waals surface area contributed by atoms with Gasteiger partial charge in [-0.3, -0.25) is 0 Å². The average Bonchev–Trinajstić information content (AvgIpc) is 3.00. The maximum atomic E-state index is 6.32. The number of halogens is 1. The first-order valence-corrected chi connectivity index (χ1v) is 6.90. The molecule has 3 rings (SSSR count). The van der Waals surface area contributed by atoms with Crippen LogP contribution in [-0.2, 0) is 6.42 Å². The van der Waals surface area contributed by atoms with Gasteiger partial charge in [-0.2, -0.15) is 4.98 Å². The Bertz CT molecular complexity index is 576. The van der Waals surface area contributed by atoms with Crippen molar-refractivity contribution in [1.82, 2.24) is 10.1 Å². The molecule has 0 amide bonds. The zero-order chi connectivity index (χ0) is 13.3. The number of rotatable bonds is 3. The topological polar surface area (TPSA) is 64.9 Å². The summed E-state index contributed by atoms with van der Waals surface area (Å²) in [6.45, 7) is 0. The van der Waals surface area contributed by atoms with Gasteiger partial charge in [-0.1, -0.05) is 41.7 Å². The molecule has 4 nitrogen and oxygen atoms in total. The lowest BCUT2D eigenvalue weighted by molar-refractivity contribution is 0.329. The number of hydrogen-bond acceptors (Lipinski definition) is 4. The number of aromatic nitrogens is 2. The fraction of sp³-hybridized carbons (Fsp3) is 0.429. The molecule has 1 aliphatic carbocycles.